The summed E-state index contributed by atoms with van der Waals surface area (Å²) in [5.41, 5.74) is 6.71. The maximum Gasteiger partial charge on any atom is 0.534 e. The maximum atomic E-state index is 12.5. The van der Waals surface area contributed by atoms with Gasteiger partial charge in [0.05, 0.1) is 27.1 Å². The molecule has 4 atom stereocenters. The van der Waals surface area contributed by atoms with Crippen molar-refractivity contribution in [1.29, 1.82) is 0 Å². The summed E-state index contributed by atoms with van der Waals surface area (Å²) < 4.78 is 70.7. The van der Waals surface area contributed by atoms with E-state index < -0.39 is 91.9 Å². The number of hydrogen-bond acceptors (Lipinski definition) is 21. The molecule has 408 valence electrons. The lowest BCUT2D eigenvalue weighted by Gasteiger charge is -2.18. The minimum absolute atomic E-state index is 0.0291. The molecule has 4 aromatic rings. The molecule has 4 aliphatic rings. The fourth-order valence-corrected chi connectivity index (χ4v) is 7.82. The summed E-state index contributed by atoms with van der Waals surface area (Å²) in [7, 11) is -0.736. The minimum atomic E-state index is -4.19. The maximum absolute atomic E-state index is 12.5. The van der Waals surface area contributed by atoms with Crippen LogP contribution in [0.5, 0.6) is 0 Å². The van der Waals surface area contributed by atoms with Crippen LogP contribution >= 0.6 is 10.7 Å². The largest absolute Gasteiger partial charge is 0.534 e. The van der Waals surface area contributed by atoms with E-state index in [0.717, 1.165) is 22.3 Å². The van der Waals surface area contributed by atoms with Gasteiger partial charge < -0.3 is 29.6 Å². The van der Waals surface area contributed by atoms with Crippen LogP contribution in [-0.4, -0.2) is 110 Å². The highest BCUT2D eigenvalue weighted by molar-refractivity contribution is 8.09. The minimum Gasteiger partial charge on any atom is -0.469 e. The first-order chi connectivity index (χ1) is 36.3. The summed E-state index contributed by atoms with van der Waals surface area (Å²) in [5, 5.41) is 6.35. The zero-order chi connectivity index (χ0) is 56.9. The number of esters is 2. The first-order valence-electron chi connectivity index (χ1n) is 22.4. The SMILES string of the molecule is COC(=O)CC(C)C(=O)Nc1ccc2c(c1)C(OC(=O)ON1C(=O)CCC1=O)c1ccccc1-2.COC(=O)CC(C)C(=O)Nc1ccc2c(c1)C(OC(=O)ON1C(=O)CCC1=O)c1ccccc1-2.O=S(=O)(O)Cl.O=S(=O)=O. The normalized spacial score (nSPS) is 16.1. The molecule has 0 spiro atoms. The molecule has 2 heterocycles. The molecule has 0 aromatic heterocycles. The Morgan fingerprint density at radius 1 is 0.584 bits per heavy atom. The monoisotopic (exact) mass is 1130 g/mol. The van der Waals surface area contributed by atoms with Crippen molar-refractivity contribution in [2.45, 2.75) is 64.6 Å². The van der Waals surface area contributed by atoms with Gasteiger partial charge in [-0.15, -0.1) is 12.6 Å². The fourth-order valence-electron chi connectivity index (χ4n) is 7.82. The lowest BCUT2D eigenvalue weighted by molar-refractivity contribution is -0.178. The zero-order valence-electron chi connectivity index (χ0n) is 40.7. The number of hydroxylamine groups is 4. The summed E-state index contributed by atoms with van der Waals surface area (Å²) in [6.45, 7) is 3.22. The molecule has 4 aromatic carbocycles. The van der Waals surface area contributed by atoms with Crippen LogP contribution in [0.25, 0.3) is 22.3 Å². The average molecular weight is 1130 g/mol. The number of carbonyl (C=O) groups excluding carboxylic acids is 10. The summed E-state index contributed by atoms with van der Waals surface area (Å²) in [5.74, 6) is -5.40. The van der Waals surface area contributed by atoms with Crippen molar-refractivity contribution >= 4 is 102 Å². The number of halogens is 1. The Morgan fingerprint density at radius 2 is 0.883 bits per heavy atom. The van der Waals surface area contributed by atoms with Crippen molar-refractivity contribution in [3.8, 4) is 22.3 Å². The number of fused-ring (bicyclic) bond motifs is 6. The number of anilines is 2. The molecule has 8 rings (SSSR count). The van der Waals surface area contributed by atoms with Crippen LogP contribution < -0.4 is 10.6 Å². The van der Waals surface area contributed by atoms with Gasteiger partial charge in [-0.3, -0.25) is 52.6 Å². The van der Waals surface area contributed by atoms with E-state index in [-0.39, 0.29) is 50.3 Å². The standard InChI is InChI=1S/2C24H22N2O8.ClHO3S.O3S/c2*1-13(11-21(29)32-2)23(30)25-14-7-8-16-15-5-3-4-6-17(15)22(18(16)12-14)33-24(31)34-26-19(27)9-10-20(26)28;1-5(2,3)4;1-4(2)3/h2*3-8,12-13,22H,9-11H2,1-2H3,(H,25,30);(H,2,3,4);. The fraction of sp³-hybridized carbons (Fsp3) is 0.292. The van der Waals surface area contributed by atoms with E-state index in [1.54, 1.807) is 74.5 Å². The van der Waals surface area contributed by atoms with E-state index in [9.17, 15) is 47.9 Å². The second kappa shape index (κ2) is 26.2. The summed E-state index contributed by atoms with van der Waals surface area (Å²) in [4.78, 5) is 130. The number of rotatable bonds is 12. The predicted molar refractivity (Wildman–Crippen MR) is 261 cm³/mol. The number of carbonyl (C=O) groups is 10. The molecule has 0 bridgehead atoms. The van der Waals surface area contributed by atoms with Crippen molar-refractivity contribution < 1.29 is 102 Å². The highest BCUT2D eigenvalue weighted by atomic mass is 35.7. The number of nitrogens with zero attached hydrogens (tertiary/aromatic N) is 2. The lowest BCUT2D eigenvalue weighted by Crippen LogP contribution is -2.32. The van der Waals surface area contributed by atoms with Crippen molar-refractivity contribution in [2.75, 3.05) is 24.9 Å². The second-order valence-electron chi connectivity index (χ2n) is 16.6. The topological polar surface area (TPSA) is 362 Å². The smallest absolute Gasteiger partial charge is 0.469 e. The Morgan fingerprint density at radius 3 is 1.19 bits per heavy atom. The predicted octanol–water partition coefficient (Wildman–Crippen LogP) is 5.25. The van der Waals surface area contributed by atoms with Crippen LogP contribution in [0, 0.1) is 11.8 Å². The molecule has 3 N–H and O–H groups in total. The average Bonchev–Trinajstić information content (AvgIpc) is 4.14. The van der Waals surface area contributed by atoms with E-state index in [2.05, 4.69) is 30.8 Å². The summed E-state index contributed by atoms with van der Waals surface area (Å²) in [6, 6.07) is 24.9. The second-order valence-corrected chi connectivity index (χ2v) is 19.0. The van der Waals surface area contributed by atoms with E-state index in [4.69, 9.17) is 44.7 Å². The molecule has 0 saturated carbocycles. The Kier molecular flexibility index (Phi) is 20.2. The first-order valence-corrected chi connectivity index (χ1v) is 25.7. The Balaban J connectivity index is 0.000000245. The molecule has 2 aliphatic heterocycles. The molecule has 0 radical (unpaired) electrons. The highest BCUT2D eigenvalue weighted by Crippen LogP contribution is 2.48. The third-order valence-corrected chi connectivity index (χ3v) is 11.3. The van der Waals surface area contributed by atoms with Crippen LogP contribution in [0.2, 0.25) is 0 Å². The van der Waals surface area contributed by atoms with Gasteiger partial charge >= 0.3 is 44.2 Å². The molecule has 29 heteroatoms. The van der Waals surface area contributed by atoms with Crippen LogP contribution in [0.15, 0.2) is 84.9 Å². The molecule has 2 fully saturated rings. The van der Waals surface area contributed by atoms with Crippen LogP contribution in [-0.2, 0) is 86.9 Å². The quantitative estimate of drug-likeness (QED) is 0.0536. The van der Waals surface area contributed by atoms with Crippen LogP contribution in [0.4, 0.5) is 21.0 Å². The van der Waals surface area contributed by atoms with Gasteiger partial charge in [-0.05, 0) is 46.5 Å². The van der Waals surface area contributed by atoms with Crippen LogP contribution in [0.1, 0.15) is 86.8 Å². The van der Waals surface area contributed by atoms with E-state index >= 15 is 0 Å². The number of imide groups is 2. The molecule has 26 nitrogen and oxygen atoms in total. The first kappa shape index (κ1) is 59.3. The molecule has 2 saturated heterocycles. The Hall–Kier alpha value is -8.60. The van der Waals surface area contributed by atoms with Crippen molar-refractivity contribution in [2.24, 2.45) is 11.8 Å². The third kappa shape index (κ3) is 16.2. The number of methoxy groups -OCH3 is 2. The van der Waals surface area contributed by atoms with E-state index in [1.807, 2.05) is 24.3 Å². The van der Waals surface area contributed by atoms with E-state index in [1.165, 1.54) is 14.2 Å². The highest BCUT2D eigenvalue weighted by Gasteiger charge is 2.39. The van der Waals surface area contributed by atoms with E-state index in [0.29, 0.717) is 43.8 Å². The number of ether oxygens (including phenoxy) is 4. The molecule has 2 aliphatic carbocycles. The van der Waals surface area contributed by atoms with Gasteiger partial charge in [0.1, 0.15) is 0 Å². The van der Waals surface area contributed by atoms with Gasteiger partial charge in [-0.1, -0.05) is 84.6 Å². The number of benzene rings is 4. The van der Waals surface area contributed by atoms with Crippen molar-refractivity contribution in [1.82, 2.24) is 10.1 Å². The molecule has 6 amide bonds. The van der Waals surface area contributed by atoms with Gasteiger partial charge in [0.2, 0.25) is 11.8 Å². The van der Waals surface area contributed by atoms with Crippen LogP contribution in [0.3, 0.4) is 0 Å². The molecule has 77 heavy (non-hydrogen) atoms. The summed E-state index contributed by atoms with van der Waals surface area (Å²) >= 11 is 0. The van der Waals surface area contributed by atoms with Crippen molar-refractivity contribution in [3.63, 3.8) is 0 Å². The molecule has 4 unspecified atom stereocenters. The number of nitrogens with one attached hydrogen (secondary N) is 2. The number of hydrogen-bond donors (Lipinski definition) is 3. The van der Waals surface area contributed by atoms with Gasteiger partial charge in [-0.2, -0.15) is 8.42 Å². The molecular formula is C48H45ClN4O22S2. The zero-order valence-corrected chi connectivity index (χ0v) is 43.1. The van der Waals surface area contributed by atoms with Gasteiger partial charge in [-0.25, -0.2) is 9.59 Å². The molecular weight excluding hydrogens is 1080 g/mol. The third-order valence-electron chi connectivity index (χ3n) is 11.3. The van der Waals surface area contributed by atoms with Gasteiger partial charge in [0.25, 0.3) is 23.6 Å². The summed E-state index contributed by atoms with van der Waals surface area (Å²) in [6.07, 6.45) is -4.40. The number of amides is 6. The van der Waals surface area contributed by atoms with Gasteiger partial charge in [0, 0.05) is 81.8 Å². The lowest BCUT2D eigenvalue weighted by atomic mass is 10.0. The van der Waals surface area contributed by atoms with Crippen molar-refractivity contribution in [3.05, 3.63) is 107 Å². The Labute approximate surface area is 443 Å². The Bertz CT molecular complexity index is 3030. The van der Waals surface area contributed by atoms with Gasteiger partial charge in [0.15, 0.2) is 12.2 Å².